The van der Waals surface area contributed by atoms with E-state index in [1.807, 2.05) is 11.3 Å². The van der Waals surface area contributed by atoms with E-state index in [9.17, 15) is 0 Å². The van der Waals surface area contributed by atoms with Gasteiger partial charge in [-0.05, 0) is 37.3 Å². The molecule has 1 aromatic rings. The fourth-order valence-corrected chi connectivity index (χ4v) is 3.80. The zero-order valence-electron chi connectivity index (χ0n) is 10.8. The molecule has 0 aliphatic carbocycles. The largest absolute Gasteiger partial charge is 0.329 e. The predicted octanol–water partition coefficient (Wildman–Crippen LogP) is 3.40. The van der Waals surface area contributed by atoms with Crippen LogP contribution in [0.1, 0.15) is 49.9 Å². The molecule has 1 aliphatic rings. The van der Waals surface area contributed by atoms with Gasteiger partial charge in [-0.25, -0.2) is 0 Å². The van der Waals surface area contributed by atoms with Gasteiger partial charge >= 0.3 is 0 Å². The van der Waals surface area contributed by atoms with Gasteiger partial charge in [-0.15, -0.1) is 11.3 Å². The van der Waals surface area contributed by atoms with Crippen molar-refractivity contribution in [2.45, 2.75) is 51.1 Å². The second-order valence-corrected chi connectivity index (χ2v) is 5.90. The Morgan fingerprint density at radius 2 is 2.35 bits per heavy atom. The highest BCUT2D eigenvalue weighted by atomic mass is 32.1. The molecule has 2 rings (SSSR count). The molecule has 2 heterocycles. The summed E-state index contributed by atoms with van der Waals surface area (Å²) in [7, 11) is 0. The Bertz CT molecular complexity index is 310. The van der Waals surface area contributed by atoms with Crippen LogP contribution < -0.4 is 5.73 Å². The molecule has 2 N–H and O–H groups in total. The molecular formula is C14H24N2S. The minimum absolute atomic E-state index is 0.443. The normalized spacial score (nSPS) is 24.5. The Morgan fingerprint density at radius 3 is 3.00 bits per heavy atom. The van der Waals surface area contributed by atoms with Crippen molar-refractivity contribution in [3.63, 3.8) is 0 Å². The molecule has 1 fully saturated rings. The number of thiophene rings is 1. The van der Waals surface area contributed by atoms with Crippen LogP contribution in [0.25, 0.3) is 0 Å². The van der Waals surface area contributed by atoms with E-state index in [0.717, 1.165) is 12.6 Å². The molecule has 17 heavy (non-hydrogen) atoms. The van der Waals surface area contributed by atoms with Crippen molar-refractivity contribution in [2.24, 2.45) is 5.73 Å². The third-order valence-corrected chi connectivity index (χ3v) is 4.86. The maximum Gasteiger partial charge on any atom is 0.0566 e. The second-order valence-electron chi connectivity index (χ2n) is 4.92. The maximum atomic E-state index is 6.03. The second kappa shape index (κ2) is 6.53. The first-order chi connectivity index (χ1) is 8.36. The summed E-state index contributed by atoms with van der Waals surface area (Å²) in [6, 6.07) is 5.55. The Hall–Kier alpha value is -0.380. The monoisotopic (exact) mass is 252 g/mol. The summed E-state index contributed by atoms with van der Waals surface area (Å²) in [4.78, 5) is 4.10. The van der Waals surface area contributed by atoms with E-state index >= 15 is 0 Å². The lowest BCUT2D eigenvalue weighted by atomic mass is 10.0. The van der Waals surface area contributed by atoms with Crippen LogP contribution in [0.15, 0.2) is 17.5 Å². The number of likely N-dealkylation sites (tertiary alicyclic amines) is 1. The molecule has 0 amide bonds. The molecule has 0 saturated carbocycles. The molecule has 96 valence electrons. The van der Waals surface area contributed by atoms with Gasteiger partial charge in [0.1, 0.15) is 0 Å². The van der Waals surface area contributed by atoms with Crippen molar-refractivity contribution in [1.82, 2.24) is 4.90 Å². The highest BCUT2D eigenvalue weighted by molar-refractivity contribution is 7.10. The average Bonchev–Trinajstić information content (AvgIpc) is 2.76. The summed E-state index contributed by atoms with van der Waals surface area (Å²) in [5.74, 6) is 0. The van der Waals surface area contributed by atoms with Crippen LogP contribution in [0.2, 0.25) is 0 Å². The molecular weight excluding hydrogens is 228 g/mol. The van der Waals surface area contributed by atoms with E-state index < -0.39 is 0 Å². The third-order valence-electron chi connectivity index (χ3n) is 3.89. The van der Waals surface area contributed by atoms with E-state index in [1.165, 1.54) is 43.5 Å². The minimum atomic E-state index is 0.443. The smallest absolute Gasteiger partial charge is 0.0566 e. The molecule has 1 aliphatic heterocycles. The molecule has 1 saturated heterocycles. The molecule has 0 spiro atoms. The summed E-state index contributed by atoms with van der Waals surface area (Å²) >= 11 is 1.85. The average molecular weight is 252 g/mol. The lowest BCUT2D eigenvalue weighted by molar-refractivity contribution is 0.138. The summed E-state index contributed by atoms with van der Waals surface area (Å²) < 4.78 is 0. The van der Waals surface area contributed by atoms with Crippen molar-refractivity contribution in [1.29, 1.82) is 0 Å². The van der Waals surface area contributed by atoms with Gasteiger partial charge in [0, 0.05) is 17.5 Å². The van der Waals surface area contributed by atoms with Gasteiger partial charge in [0.25, 0.3) is 0 Å². The highest BCUT2D eigenvalue weighted by Crippen LogP contribution is 2.30. The number of hydrogen-bond donors (Lipinski definition) is 1. The lowest BCUT2D eigenvalue weighted by Gasteiger charge is -2.35. The molecule has 2 nitrogen and oxygen atoms in total. The third kappa shape index (κ3) is 3.09. The van der Waals surface area contributed by atoms with E-state index in [0.29, 0.717) is 6.04 Å². The van der Waals surface area contributed by atoms with Crippen LogP contribution >= 0.6 is 11.3 Å². The molecule has 0 radical (unpaired) electrons. The fourth-order valence-electron chi connectivity index (χ4n) is 2.94. The zero-order valence-corrected chi connectivity index (χ0v) is 11.6. The van der Waals surface area contributed by atoms with Crippen LogP contribution in [0.4, 0.5) is 0 Å². The van der Waals surface area contributed by atoms with Crippen molar-refractivity contribution in [3.8, 4) is 0 Å². The van der Waals surface area contributed by atoms with Crippen molar-refractivity contribution < 1.29 is 0 Å². The van der Waals surface area contributed by atoms with E-state index in [1.54, 1.807) is 0 Å². The number of nitrogens with two attached hydrogens (primary N) is 1. The number of nitrogens with zero attached hydrogens (tertiary/aromatic N) is 1. The Morgan fingerprint density at radius 1 is 1.47 bits per heavy atom. The Balaban J connectivity index is 2.15. The van der Waals surface area contributed by atoms with E-state index in [-0.39, 0.29) is 0 Å². The first-order valence-electron chi connectivity index (χ1n) is 6.86. The first-order valence-corrected chi connectivity index (χ1v) is 7.74. The standard InChI is InChI=1S/C14H24N2S/c1-2-12-7-4-3-5-9-16(12)13(11-15)14-8-6-10-17-14/h6,8,10,12-13H,2-5,7,9,11,15H2,1H3. The SMILES string of the molecule is CCC1CCCCCN1C(CN)c1cccs1. The van der Waals surface area contributed by atoms with Gasteiger partial charge in [-0.3, -0.25) is 4.90 Å². The van der Waals surface area contributed by atoms with Gasteiger partial charge in [0.05, 0.1) is 6.04 Å². The van der Waals surface area contributed by atoms with E-state index in [2.05, 4.69) is 29.3 Å². The van der Waals surface area contributed by atoms with Gasteiger partial charge in [-0.1, -0.05) is 25.8 Å². The van der Waals surface area contributed by atoms with Crippen molar-refractivity contribution in [2.75, 3.05) is 13.1 Å². The fraction of sp³-hybridized carbons (Fsp3) is 0.714. The molecule has 2 unspecified atom stereocenters. The molecule has 0 aromatic carbocycles. The van der Waals surface area contributed by atoms with Gasteiger partial charge < -0.3 is 5.73 Å². The first kappa shape index (κ1) is 13.1. The summed E-state index contributed by atoms with van der Waals surface area (Å²) in [5, 5.41) is 2.16. The minimum Gasteiger partial charge on any atom is -0.329 e. The Labute approximate surface area is 109 Å². The maximum absolute atomic E-state index is 6.03. The van der Waals surface area contributed by atoms with Gasteiger partial charge in [0.2, 0.25) is 0 Å². The zero-order chi connectivity index (χ0) is 12.1. The van der Waals surface area contributed by atoms with Gasteiger partial charge in [-0.2, -0.15) is 0 Å². The number of rotatable bonds is 4. The summed E-state index contributed by atoms with van der Waals surface area (Å²) in [5.41, 5.74) is 6.03. The van der Waals surface area contributed by atoms with Crippen LogP contribution in [0, 0.1) is 0 Å². The van der Waals surface area contributed by atoms with E-state index in [4.69, 9.17) is 5.73 Å². The Kier molecular flexibility index (Phi) is 5.01. The molecule has 1 aromatic heterocycles. The quantitative estimate of drug-likeness (QED) is 0.890. The summed E-state index contributed by atoms with van der Waals surface area (Å²) in [6.45, 7) is 4.28. The van der Waals surface area contributed by atoms with Crippen LogP contribution in [0.5, 0.6) is 0 Å². The van der Waals surface area contributed by atoms with Crippen molar-refractivity contribution >= 4 is 11.3 Å². The van der Waals surface area contributed by atoms with Crippen LogP contribution in [-0.4, -0.2) is 24.0 Å². The predicted molar refractivity (Wildman–Crippen MR) is 75.4 cm³/mol. The molecule has 0 bridgehead atoms. The van der Waals surface area contributed by atoms with Gasteiger partial charge in [0.15, 0.2) is 0 Å². The lowest BCUT2D eigenvalue weighted by Crippen LogP contribution is -2.40. The van der Waals surface area contributed by atoms with Crippen molar-refractivity contribution in [3.05, 3.63) is 22.4 Å². The highest BCUT2D eigenvalue weighted by Gasteiger charge is 2.27. The topological polar surface area (TPSA) is 29.3 Å². The van der Waals surface area contributed by atoms with Crippen LogP contribution in [-0.2, 0) is 0 Å². The molecule has 2 atom stereocenters. The number of hydrogen-bond acceptors (Lipinski definition) is 3. The summed E-state index contributed by atoms with van der Waals surface area (Å²) in [6.07, 6.45) is 6.70. The van der Waals surface area contributed by atoms with Crippen LogP contribution in [0.3, 0.4) is 0 Å². The molecule has 3 heteroatoms.